The number of carboxylic acid groups (broad SMARTS) is 1. The fourth-order valence-electron chi connectivity index (χ4n) is 2.10. The molecule has 0 aromatic carbocycles. The van der Waals surface area contributed by atoms with Crippen LogP contribution < -0.4 is 5.32 Å². The van der Waals surface area contributed by atoms with Gasteiger partial charge in [-0.15, -0.1) is 0 Å². The Kier molecular flexibility index (Phi) is 3.74. The fourth-order valence-corrected chi connectivity index (χ4v) is 2.10. The zero-order chi connectivity index (χ0) is 14.9. The van der Waals surface area contributed by atoms with E-state index in [0.29, 0.717) is 11.6 Å². The Labute approximate surface area is 116 Å². The maximum atomic E-state index is 10.9. The van der Waals surface area contributed by atoms with Crippen LogP contribution in [0.15, 0.2) is 16.7 Å². The van der Waals surface area contributed by atoms with E-state index in [4.69, 9.17) is 9.52 Å². The number of hydrogen-bond acceptors (Lipinski definition) is 5. The molecular weight excluding hydrogens is 258 g/mol. The van der Waals surface area contributed by atoms with E-state index in [1.165, 1.54) is 6.20 Å². The van der Waals surface area contributed by atoms with Crippen molar-refractivity contribution in [2.24, 2.45) is 0 Å². The first-order chi connectivity index (χ1) is 9.38. The molecule has 2 rings (SSSR count). The third kappa shape index (κ3) is 2.79. The van der Waals surface area contributed by atoms with Crippen molar-refractivity contribution in [1.29, 1.82) is 0 Å². The van der Waals surface area contributed by atoms with Gasteiger partial charge in [0.2, 0.25) is 5.95 Å². The number of hydrogen-bond donors (Lipinski definition) is 2. The molecule has 20 heavy (non-hydrogen) atoms. The highest BCUT2D eigenvalue weighted by atomic mass is 16.4. The van der Waals surface area contributed by atoms with Crippen molar-refractivity contribution in [3.05, 3.63) is 40.6 Å². The number of nitrogens with one attached hydrogen (secondary N) is 1. The van der Waals surface area contributed by atoms with Crippen molar-refractivity contribution in [3.8, 4) is 0 Å². The minimum Gasteiger partial charge on any atom is -0.478 e. The monoisotopic (exact) mass is 275 g/mol. The fraction of sp³-hybridized carbons (Fsp3) is 0.357. The van der Waals surface area contributed by atoms with Gasteiger partial charge in [0.05, 0.1) is 17.3 Å². The summed E-state index contributed by atoms with van der Waals surface area (Å²) in [6.45, 7) is 7.42. The SMILES string of the molecule is Cc1cc(C(C)Nc2ncc(C(=O)O)c(C)n2)c(C)o1. The summed E-state index contributed by atoms with van der Waals surface area (Å²) in [6.07, 6.45) is 1.31. The van der Waals surface area contributed by atoms with Crippen molar-refractivity contribution in [3.63, 3.8) is 0 Å². The number of aromatic nitrogens is 2. The Balaban J connectivity index is 2.20. The molecule has 0 aliphatic carbocycles. The summed E-state index contributed by atoms with van der Waals surface area (Å²) >= 11 is 0. The van der Waals surface area contributed by atoms with Gasteiger partial charge < -0.3 is 14.8 Å². The number of rotatable bonds is 4. The van der Waals surface area contributed by atoms with Gasteiger partial charge in [-0.3, -0.25) is 0 Å². The van der Waals surface area contributed by atoms with E-state index < -0.39 is 5.97 Å². The van der Waals surface area contributed by atoms with Gasteiger partial charge in [-0.1, -0.05) is 0 Å². The Morgan fingerprint density at radius 3 is 2.60 bits per heavy atom. The summed E-state index contributed by atoms with van der Waals surface area (Å²) in [5.41, 5.74) is 1.58. The highest BCUT2D eigenvalue weighted by Gasteiger charge is 2.15. The molecule has 1 atom stereocenters. The molecule has 0 fully saturated rings. The summed E-state index contributed by atoms with van der Waals surface area (Å²) in [6, 6.07) is 1.94. The van der Waals surface area contributed by atoms with Gasteiger partial charge in [0, 0.05) is 11.8 Å². The molecule has 2 aromatic heterocycles. The maximum absolute atomic E-state index is 10.9. The molecule has 106 valence electrons. The third-order valence-corrected chi connectivity index (χ3v) is 3.10. The summed E-state index contributed by atoms with van der Waals surface area (Å²) in [7, 11) is 0. The first-order valence-corrected chi connectivity index (χ1v) is 6.29. The highest BCUT2D eigenvalue weighted by molar-refractivity contribution is 5.88. The lowest BCUT2D eigenvalue weighted by Gasteiger charge is -2.13. The molecule has 0 saturated carbocycles. The lowest BCUT2D eigenvalue weighted by molar-refractivity contribution is 0.0695. The molecule has 1 unspecified atom stereocenters. The molecule has 6 heteroatoms. The zero-order valence-corrected chi connectivity index (χ0v) is 11.9. The number of carboxylic acids is 1. The molecule has 6 nitrogen and oxygen atoms in total. The van der Waals surface area contributed by atoms with E-state index in [1.807, 2.05) is 26.8 Å². The highest BCUT2D eigenvalue weighted by Crippen LogP contribution is 2.23. The number of aromatic carboxylic acids is 1. The molecule has 0 amide bonds. The molecule has 0 saturated heterocycles. The summed E-state index contributed by atoms with van der Waals surface area (Å²) < 4.78 is 5.49. The zero-order valence-electron chi connectivity index (χ0n) is 11.9. The van der Waals surface area contributed by atoms with Gasteiger partial charge in [0.1, 0.15) is 11.5 Å². The van der Waals surface area contributed by atoms with Crippen molar-refractivity contribution in [2.75, 3.05) is 5.32 Å². The molecule has 2 heterocycles. The van der Waals surface area contributed by atoms with Gasteiger partial charge >= 0.3 is 5.97 Å². The third-order valence-electron chi connectivity index (χ3n) is 3.10. The molecule has 0 bridgehead atoms. The van der Waals surface area contributed by atoms with Crippen LogP contribution in [0.25, 0.3) is 0 Å². The van der Waals surface area contributed by atoms with E-state index >= 15 is 0 Å². The quantitative estimate of drug-likeness (QED) is 0.892. The largest absolute Gasteiger partial charge is 0.478 e. The molecule has 0 radical (unpaired) electrons. The predicted octanol–water partition coefficient (Wildman–Crippen LogP) is 2.87. The smallest absolute Gasteiger partial charge is 0.339 e. The summed E-state index contributed by atoms with van der Waals surface area (Å²) in [5.74, 6) is 1.08. The lowest BCUT2D eigenvalue weighted by atomic mass is 10.1. The average molecular weight is 275 g/mol. The van der Waals surface area contributed by atoms with Crippen LogP contribution in [0.2, 0.25) is 0 Å². The topological polar surface area (TPSA) is 88.2 Å². The Bertz CT molecular complexity index is 649. The predicted molar refractivity (Wildman–Crippen MR) is 73.9 cm³/mol. The minimum atomic E-state index is -1.02. The molecule has 2 aromatic rings. The number of furan rings is 1. The van der Waals surface area contributed by atoms with E-state index in [9.17, 15) is 4.79 Å². The van der Waals surface area contributed by atoms with Gasteiger partial charge in [0.25, 0.3) is 0 Å². The standard InChI is InChI=1S/C14H17N3O3/c1-7-5-11(10(4)20-7)8(2)16-14-15-6-12(13(18)19)9(3)17-14/h5-6,8H,1-4H3,(H,18,19)(H,15,16,17). The Hall–Kier alpha value is -2.37. The van der Waals surface area contributed by atoms with Gasteiger partial charge in [-0.05, 0) is 33.8 Å². The molecule has 2 N–H and O–H groups in total. The van der Waals surface area contributed by atoms with Gasteiger partial charge in [-0.25, -0.2) is 14.8 Å². The minimum absolute atomic E-state index is 0.0254. The van der Waals surface area contributed by atoms with Crippen LogP contribution in [0.4, 0.5) is 5.95 Å². The van der Waals surface area contributed by atoms with Crippen LogP contribution >= 0.6 is 0 Å². The first kappa shape index (κ1) is 14.0. The van der Waals surface area contributed by atoms with E-state index in [2.05, 4.69) is 15.3 Å². The van der Waals surface area contributed by atoms with Crippen LogP contribution in [0.1, 0.15) is 46.1 Å². The number of aryl methyl sites for hydroxylation is 3. The van der Waals surface area contributed by atoms with Crippen LogP contribution in [-0.2, 0) is 0 Å². The van der Waals surface area contributed by atoms with Crippen LogP contribution in [0.5, 0.6) is 0 Å². The second-order valence-electron chi connectivity index (χ2n) is 4.73. The second kappa shape index (κ2) is 5.32. The van der Waals surface area contributed by atoms with Crippen molar-refractivity contribution < 1.29 is 14.3 Å². The van der Waals surface area contributed by atoms with Crippen LogP contribution in [0, 0.1) is 20.8 Å². The van der Waals surface area contributed by atoms with E-state index in [1.54, 1.807) is 6.92 Å². The second-order valence-corrected chi connectivity index (χ2v) is 4.73. The van der Waals surface area contributed by atoms with Crippen molar-refractivity contribution >= 4 is 11.9 Å². The number of anilines is 1. The number of nitrogens with zero attached hydrogens (tertiary/aromatic N) is 2. The lowest BCUT2D eigenvalue weighted by Crippen LogP contribution is -2.12. The first-order valence-electron chi connectivity index (χ1n) is 6.29. The molecule has 0 aliphatic heterocycles. The molecular formula is C14H17N3O3. The summed E-state index contributed by atoms with van der Waals surface area (Å²) in [5, 5.41) is 12.1. The maximum Gasteiger partial charge on any atom is 0.339 e. The molecule has 0 aliphatic rings. The number of carbonyl (C=O) groups is 1. The Morgan fingerprint density at radius 1 is 1.40 bits per heavy atom. The summed E-state index contributed by atoms with van der Waals surface area (Å²) in [4.78, 5) is 19.1. The van der Waals surface area contributed by atoms with E-state index in [-0.39, 0.29) is 11.6 Å². The van der Waals surface area contributed by atoms with Gasteiger partial charge in [0.15, 0.2) is 0 Å². The van der Waals surface area contributed by atoms with Crippen molar-refractivity contribution in [2.45, 2.75) is 33.7 Å². The van der Waals surface area contributed by atoms with Gasteiger partial charge in [-0.2, -0.15) is 0 Å². The van der Waals surface area contributed by atoms with Crippen molar-refractivity contribution in [1.82, 2.24) is 9.97 Å². The van der Waals surface area contributed by atoms with E-state index in [0.717, 1.165) is 17.1 Å². The molecule has 0 spiro atoms. The Morgan fingerprint density at radius 2 is 2.10 bits per heavy atom. The average Bonchev–Trinajstić information content (AvgIpc) is 2.68. The van der Waals surface area contributed by atoms with Crippen LogP contribution in [-0.4, -0.2) is 21.0 Å². The van der Waals surface area contributed by atoms with Crippen LogP contribution in [0.3, 0.4) is 0 Å². The normalized spacial score (nSPS) is 12.2.